The Morgan fingerprint density at radius 2 is 2.25 bits per heavy atom. The van der Waals surface area contributed by atoms with Gasteiger partial charge < -0.3 is 20.5 Å². The van der Waals surface area contributed by atoms with Crippen molar-refractivity contribution in [2.24, 2.45) is 0 Å². The van der Waals surface area contributed by atoms with Gasteiger partial charge in [-0.05, 0) is 25.0 Å². The van der Waals surface area contributed by atoms with Crippen molar-refractivity contribution in [1.82, 2.24) is 5.32 Å². The maximum absolute atomic E-state index is 13.4. The Kier molecular flexibility index (Phi) is 4.52. The van der Waals surface area contributed by atoms with E-state index in [-0.39, 0.29) is 11.8 Å². The van der Waals surface area contributed by atoms with E-state index in [1.54, 1.807) is 0 Å². The van der Waals surface area contributed by atoms with Crippen LogP contribution >= 0.6 is 0 Å². The normalized spacial score (nSPS) is 17.8. The van der Waals surface area contributed by atoms with E-state index in [1.165, 1.54) is 12.1 Å². The molecular weight excluding hydrogens is 267 g/mol. The van der Waals surface area contributed by atoms with Crippen LogP contribution < -0.4 is 10.6 Å². The minimum atomic E-state index is -1.43. The number of rotatable bonds is 4. The van der Waals surface area contributed by atoms with Crippen molar-refractivity contribution in [2.75, 3.05) is 18.5 Å². The number of urea groups is 1. The van der Waals surface area contributed by atoms with Gasteiger partial charge in [0.25, 0.3) is 0 Å². The first kappa shape index (κ1) is 14.3. The summed E-state index contributed by atoms with van der Waals surface area (Å²) >= 11 is 0. The zero-order chi connectivity index (χ0) is 14.5. The number of carboxylic acid groups (broad SMARTS) is 1. The molecule has 1 aromatic rings. The van der Waals surface area contributed by atoms with E-state index in [0.29, 0.717) is 13.2 Å². The van der Waals surface area contributed by atoms with Gasteiger partial charge in [0, 0.05) is 13.2 Å². The zero-order valence-electron chi connectivity index (χ0n) is 10.7. The number of benzene rings is 1. The van der Waals surface area contributed by atoms with E-state index < -0.39 is 23.4 Å². The summed E-state index contributed by atoms with van der Waals surface area (Å²) in [6.45, 7) is 1.02. The number of carboxylic acids is 1. The molecule has 0 radical (unpaired) electrons. The highest BCUT2D eigenvalue weighted by atomic mass is 19.1. The molecule has 0 saturated carbocycles. The highest BCUT2D eigenvalue weighted by Gasteiger charge is 2.19. The van der Waals surface area contributed by atoms with Crippen LogP contribution in [-0.2, 0) is 4.74 Å². The smallest absolute Gasteiger partial charge is 0.340 e. The molecule has 1 aliphatic heterocycles. The van der Waals surface area contributed by atoms with Gasteiger partial charge in [0.2, 0.25) is 0 Å². The summed E-state index contributed by atoms with van der Waals surface area (Å²) in [5.41, 5.74) is -0.637. The summed E-state index contributed by atoms with van der Waals surface area (Å²) in [5.74, 6) is -2.33. The van der Waals surface area contributed by atoms with Gasteiger partial charge in [0.1, 0.15) is 11.4 Å². The Morgan fingerprint density at radius 3 is 2.90 bits per heavy atom. The number of nitrogens with one attached hydrogen (secondary N) is 2. The fourth-order valence-corrected chi connectivity index (χ4v) is 2.02. The van der Waals surface area contributed by atoms with Gasteiger partial charge in [0.05, 0.1) is 11.8 Å². The molecule has 1 saturated heterocycles. The number of carbonyl (C=O) groups is 2. The van der Waals surface area contributed by atoms with Crippen molar-refractivity contribution in [2.45, 2.75) is 18.9 Å². The molecule has 1 fully saturated rings. The summed E-state index contributed by atoms with van der Waals surface area (Å²) in [6, 6.07) is 3.10. The first-order chi connectivity index (χ1) is 9.58. The van der Waals surface area contributed by atoms with Crippen LogP contribution in [0.3, 0.4) is 0 Å². The van der Waals surface area contributed by atoms with Gasteiger partial charge in [-0.15, -0.1) is 0 Å². The van der Waals surface area contributed by atoms with Crippen LogP contribution in [0.2, 0.25) is 0 Å². The molecule has 1 unspecified atom stereocenters. The van der Waals surface area contributed by atoms with Crippen molar-refractivity contribution in [3.05, 3.63) is 29.6 Å². The van der Waals surface area contributed by atoms with Crippen molar-refractivity contribution >= 4 is 17.7 Å². The van der Waals surface area contributed by atoms with E-state index in [9.17, 15) is 14.0 Å². The average molecular weight is 282 g/mol. The second kappa shape index (κ2) is 6.33. The van der Waals surface area contributed by atoms with Crippen LogP contribution in [0.4, 0.5) is 14.9 Å². The van der Waals surface area contributed by atoms with E-state index in [1.807, 2.05) is 0 Å². The monoisotopic (exact) mass is 282 g/mol. The molecule has 7 heteroatoms. The molecular formula is C13H15FN2O4. The van der Waals surface area contributed by atoms with E-state index >= 15 is 0 Å². The van der Waals surface area contributed by atoms with Gasteiger partial charge in [-0.25, -0.2) is 14.0 Å². The molecule has 3 N–H and O–H groups in total. The summed E-state index contributed by atoms with van der Waals surface area (Å²) in [4.78, 5) is 22.6. The van der Waals surface area contributed by atoms with E-state index in [0.717, 1.165) is 18.9 Å². The molecule has 1 atom stereocenters. The lowest BCUT2D eigenvalue weighted by atomic mass is 10.1. The molecule has 1 heterocycles. The molecule has 1 aliphatic rings. The molecule has 0 aliphatic carbocycles. The molecule has 20 heavy (non-hydrogen) atoms. The summed E-state index contributed by atoms with van der Waals surface area (Å²) in [5, 5.41) is 13.8. The second-order valence-electron chi connectivity index (χ2n) is 4.44. The molecule has 2 rings (SSSR count). The van der Waals surface area contributed by atoms with Gasteiger partial charge in [0.15, 0.2) is 0 Å². The maximum Gasteiger partial charge on any atom is 0.340 e. The first-order valence-corrected chi connectivity index (χ1v) is 6.26. The fourth-order valence-electron chi connectivity index (χ4n) is 2.02. The SMILES string of the molecule is O=C(NCC1CCCO1)Nc1cccc(F)c1C(=O)O. The second-order valence-corrected chi connectivity index (χ2v) is 4.44. The largest absolute Gasteiger partial charge is 0.478 e. The topological polar surface area (TPSA) is 87.7 Å². The first-order valence-electron chi connectivity index (χ1n) is 6.26. The number of hydrogen-bond donors (Lipinski definition) is 3. The number of ether oxygens (including phenoxy) is 1. The van der Waals surface area contributed by atoms with E-state index in [4.69, 9.17) is 9.84 Å². The highest BCUT2D eigenvalue weighted by molar-refractivity contribution is 6.00. The Bertz CT molecular complexity index is 515. The molecule has 6 nitrogen and oxygen atoms in total. The maximum atomic E-state index is 13.4. The van der Waals surface area contributed by atoms with Crippen LogP contribution in [0.5, 0.6) is 0 Å². The lowest BCUT2D eigenvalue weighted by Crippen LogP contribution is -2.35. The molecule has 0 bridgehead atoms. The van der Waals surface area contributed by atoms with Crippen molar-refractivity contribution < 1.29 is 23.8 Å². The lowest BCUT2D eigenvalue weighted by molar-refractivity contribution is 0.0693. The number of carbonyl (C=O) groups excluding carboxylic acids is 1. The number of hydrogen-bond acceptors (Lipinski definition) is 3. The third-order valence-electron chi connectivity index (χ3n) is 2.99. The van der Waals surface area contributed by atoms with Gasteiger partial charge in [-0.2, -0.15) is 0 Å². The quantitative estimate of drug-likeness (QED) is 0.786. The predicted molar refractivity (Wildman–Crippen MR) is 69.4 cm³/mol. The van der Waals surface area contributed by atoms with E-state index in [2.05, 4.69) is 10.6 Å². The number of anilines is 1. The Hall–Kier alpha value is -2.15. The minimum Gasteiger partial charge on any atom is -0.478 e. The van der Waals surface area contributed by atoms with Crippen LogP contribution in [0, 0.1) is 5.82 Å². The summed E-state index contributed by atoms with van der Waals surface area (Å²) in [7, 11) is 0. The predicted octanol–water partition coefficient (Wildman–Crippen LogP) is 1.82. The zero-order valence-corrected chi connectivity index (χ0v) is 10.7. The number of amides is 2. The molecule has 0 spiro atoms. The Morgan fingerprint density at radius 1 is 1.45 bits per heavy atom. The van der Waals surface area contributed by atoms with Gasteiger partial charge >= 0.3 is 12.0 Å². The highest BCUT2D eigenvalue weighted by Crippen LogP contribution is 2.19. The van der Waals surface area contributed by atoms with Crippen LogP contribution in [-0.4, -0.2) is 36.4 Å². The summed E-state index contributed by atoms with van der Waals surface area (Å²) < 4.78 is 18.7. The summed E-state index contributed by atoms with van der Waals surface area (Å²) in [6.07, 6.45) is 1.81. The van der Waals surface area contributed by atoms with Crippen LogP contribution in [0.15, 0.2) is 18.2 Å². The van der Waals surface area contributed by atoms with Crippen molar-refractivity contribution in [3.63, 3.8) is 0 Å². The van der Waals surface area contributed by atoms with Gasteiger partial charge in [-0.3, -0.25) is 0 Å². The standard InChI is InChI=1S/C13H15FN2O4/c14-9-4-1-5-10(11(9)12(17)18)16-13(19)15-7-8-3-2-6-20-8/h1,4-5,8H,2-3,6-7H2,(H,17,18)(H2,15,16,19). The Labute approximate surface area is 114 Å². The molecule has 0 aromatic heterocycles. The molecule has 2 amide bonds. The fraction of sp³-hybridized carbons (Fsp3) is 0.385. The third-order valence-corrected chi connectivity index (χ3v) is 2.99. The lowest BCUT2D eigenvalue weighted by Gasteiger charge is -2.13. The van der Waals surface area contributed by atoms with Crippen molar-refractivity contribution in [3.8, 4) is 0 Å². The molecule has 108 valence electrons. The van der Waals surface area contributed by atoms with Crippen LogP contribution in [0.1, 0.15) is 23.2 Å². The van der Waals surface area contributed by atoms with Gasteiger partial charge in [-0.1, -0.05) is 6.07 Å². The van der Waals surface area contributed by atoms with Crippen molar-refractivity contribution in [1.29, 1.82) is 0 Å². The number of aromatic carboxylic acids is 1. The number of halogens is 1. The van der Waals surface area contributed by atoms with Crippen LogP contribution in [0.25, 0.3) is 0 Å². The Balaban J connectivity index is 1.96. The third kappa shape index (κ3) is 3.45. The average Bonchev–Trinajstić information content (AvgIpc) is 2.89. The minimum absolute atomic E-state index is 0.0211. The molecule has 1 aromatic carbocycles.